The minimum Gasteiger partial charge on any atom is -0.348 e. The summed E-state index contributed by atoms with van der Waals surface area (Å²) in [6.07, 6.45) is 4.94. The average Bonchev–Trinajstić information content (AvgIpc) is 3.24. The number of benzene rings is 2. The topological polar surface area (TPSA) is 105 Å². The van der Waals surface area contributed by atoms with Crippen LogP contribution in [-0.4, -0.2) is 41.9 Å². The van der Waals surface area contributed by atoms with Crippen molar-refractivity contribution in [2.45, 2.75) is 90.4 Å². The van der Waals surface area contributed by atoms with E-state index in [-0.39, 0.29) is 23.5 Å². The zero-order valence-electron chi connectivity index (χ0n) is 24.7. The Bertz CT molecular complexity index is 1330. The molecule has 4 unspecified atom stereocenters. The highest BCUT2D eigenvalue weighted by atomic mass is 17.3. The summed E-state index contributed by atoms with van der Waals surface area (Å²) in [7, 11) is 0. The summed E-state index contributed by atoms with van der Waals surface area (Å²) < 4.78 is 19.2. The minimum atomic E-state index is -0.817. The van der Waals surface area contributed by atoms with Crippen molar-refractivity contribution in [1.29, 1.82) is 0 Å². The maximum Gasteiger partial charge on any atom is 0.271 e. The molecule has 5 fully saturated rings. The summed E-state index contributed by atoms with van der Waals surface area (Å²) in [5.41, 5.74) is 4.81. The van der Waals surface area contributed by atoms with Crippen LogP contribution in [0.4, 0.5) is 0 Å². The smallest absolute Gasteiger partial charge is 0.271 e. The molecule has 2 bridgehead atoms. The Morgan fingerprint density at radius 1 is 1.00 bits per heavy atom. The molecule has 1 spiro atoms. The molecule has 0 aromatic heterocycles. The number of amides is 1. The van der Waals surface area contributed by atoms with Crippen molar-refractivity contribution in [1.82, 2.24) is 5.43 Å². The normalized spacial score (nSPS) is 35.4. The van der Waals surface area contributed by atoms with Crippen LogP contribution in [0.5, 0.6) is 0 Å². The predicted octanol–water partition coefficient (Wildman–Crippen LogP) is 5.77. The van der Waals surface area contributed by atoms with Gasteiger partial charge in [0.15, 0.2) is 24.0 Å². The number of nitrogens with one attached hydrogen (secondary N) is 1. The monoisotopic (exact) mass is 576 g/mol. The Kier molecular flexibility index (Phi) is 8.06. The molecule has 42 heavy (non-hydrogen) atoms. The molecule has 1 amide bonds. The van der Waals surface area contributed by atoms with Gasteiger partial charge in [0.25, 0.3) is 5.91 Å². The summed E-state index contributed by atoms with van der Waals surface area (Å²) in [6, 6.07) is 14.4. The number of hydrazone groups is 1. The van der Waals surface area contributed by atoms with Crippen molar-refractivity contribution in [3.8, 4) is 0 Å². The second kappa shape index (κ2) is 11.6. The van der Waals surface area contributed by atoms with E-state index < -0.39 is 24.0 Å². The first-order chi connectivity index (χ1) is 20.2. The molecule has 4 heterocycles. The van der Waals surface area contributed by atoms with Gasteiger partial charge in [0.2, 0.25) is 5.79 Å². The fraction of sp³-hybridized carbons (Fsp3) is 0.545. The van der Waals surface area contributed by atoms with E-state index in [4.69, 9.17) is 24.0 Å². The summed E-state index contributed by atoms with van der Waals surface area (Å²) >= 11 is 0. The molecule has 8 atom stereocenters. The van der Waals surface area contributed by atoms with Gasteiger partial charge in [0.05, 0.1) is 12.8 Å². The van der Waals surface area contributed by atoms with Crippen molar-refractivity contribution in [3.63, 3.8) is 0 Å². The molecule has 0 radical (unpaired) electrons. The summed E-state index contributed by atoms with van der Waals surface area (Å²) in [4.78, 5) is 36.5. The lowest BCUT2D eigenvalue weighted by molar-refractivity contribution is -0.577. The van der Waals surface area contributed by atoms with Gasteiger partial charge in [0, 0.05) is 35.8 Å². The Labute approximate surface area is 246 Å². The first-order valence-electron chi connectivity index (χ1n) is 15.1. The van der Waals surface area contributed by atoms with Crippen molar-refractivity contribution in [2.24, 2.45) is 28.8 Å². The zero-order valence-corrected chi connectivity index (χ0v) is 24.7. The van der Waals surface area contributed by atoms with Gasteiger partial charge in [0.1, 0.15) is 0 Å². The summed E-state index contributed by atoms with van der Waals surface area (Å²) in [5.74, 6) is 0.0765. The third kappa shape index (κ3) is 5.33. The highest BCUT2D eigenvalue weighted by Gasteiger charge is 2.69. The van der Waals surface area contributed by atoms with Gasteiger partial charge in [-0.05, 0) is 61.3 Å². The largest absolute Gasteiger partial charge is 0.348 e. The molecule has 9 heteroatoms. The number of ketones is 1. The first-order valence-corrected chi connectivity index (χ1v) is 15.1. The third-order valence-electron chi connectivity index (χ3n) is 9.66. The van der Waals surface area contributed by atoms with E-state index in [2.05, 4.69) is 24.4 Å². The van der Waals surface area contributed by atoms with Crippen molar-refractivity contribution in [2.75, 3.05) is 0 Å². The van der Waals surface area contributed by atoms with Gasteiger partial charge < -0.3 is 14.2 Å². The zero-order chi connectivity index (χ0) is 29.5. The molecule has 4 aliphatic heterocycles. The van der Waals surface area contributed by atoms with Gasteiger partial charge >= 0.3 is 0 Å². The van der Waals surface area contributed by atoms with E-state index in [0.29, 0.717) is 36.0 Å². The van der Waals surface area contributed by atoms with Crippen LogP contribution in [0.3, 0.4) is 0 Å². The number of nitrogens with zero attached hydrogens (tertiary/aromatic N) is 1. The second-order valence-electron chi connectivity index (χ2n) is 12.4. The number of fused-ring (bicyclic) bond motifs is 2. The molecule has 5 aliphatic rings. The highest BCUT2D eigenvalue weighted by molar-refractivity contribution is 5.97. The highest BCUT2D eigenvalue weighted by Crippen LogP contribution is 2.60. The van der Waals surface area contributed by atoms with Gasteiger partial charge in [-0.2, -0.15) is 5.10 Å². The number of Topliss-reactive ketones (excluding diaryl/α,β-unsaturated/α-hetero) is 1. The fourth-order valence-electron chi connectivity index (χ4n) is 7.18. The summed E-state index contributed by atoms with van der Waals surface area (Å²) in [5, 5.41) is 4.05. The standard InChI is InChI=1S/C33H40N2O7/c1-5-28(36)24-11-7-22(8-12-24)18-34-35-29(37)25-13-9-23(10-14-25)19-38-30-21(3)27-15-6-20(2)26-16-17-32(4)40-31(39-30)33(26,27)42-41-32/h7-14,18,20-21,26-27,30-31H,5-6,15-17,19H2,1-4H3,(H,35,37)/b34-18+/t20-,21-,26?,27?,30?,31?,32+,33-/m1/s1. The fourth-order valence-corrected chi connectivity index (χ4v) is 7.18. The number of ether oxygens (including phenoxy) is 3. The van der Waals surface area contributed by atoms with E-state index in [1.54, 1.807) is 42.6 Å². The molecule has 4 saturated heterocycles. The Balaban J connectivity index is 1.05. The number of hydrogen-bond donors (Lipinski definition) is 1. The second-order valence-corrected chi connectivity index (χ2v) is 12.4. The molecule has 2 aromatic rings. The third-order valence-corrected chi connectivity index (χ3v) is 9.66. The number of carbonyl (C=O) groups excluding carboxylic acids is 2. The van der Waals surface area contributed by atoms with Crippen LogP contribution in [0, 0.1) is 23.7 Å². The molecule has 1 saturated carbocycles. The van der Waals surface area contributed by atoms with Crippen molar-refractivity contribution >= 4 is 17.9 Å². The van der Waals surface area contributed by atoms with Gasteiger partial charge in [-0.15, -0.1) is 0 Å². The van der Waals surface area contributed by atoms with Crippen molar-refractivity contribution < 1.29 is 33.6 Å². The lowest BCUT2D eigenvalue weighted by atomic mass is 9.58. The van der Waals surface area contributed by atoms with Crippen LogP contribution in [-0.2, 0) is 30.6 Å². The molecule has 1 N–H and O–H groups in total. The maximum absolute atomic E-state index is 12.6. The molecule has 9 nitrogen and oxygen atoms in total. The lowest BCUT2D eigenvalue weighted by Crippen LogP contribution is -2.70. The molecule has 2 aromatic carbocycles. The van der Waals surface area contributed by atoms with E-state index in [1.807, 2.05) is 26.0 Å². The van der Waals surface area contributed by atoms with E-state index in [0.717, 1.165) is 36.8 Å². The molecule has 1 aliphatic carbocycles. The number of carbonyl (C=O) groups is 2. The van der Waals surface area contributed by atoms with Gasteiger partial charge in [-0.3, -0.25) is 9.59 Å². The number of rotatable bonds is 8. The molecular formula is C33H40N2O7. The minimum absolute atomic E-state index is 0.0893. The molecule has 224 valence electrons. The lowest BCUT2D eigenvalue weighted by Gasteiger charge is -2.60. The SMILES string of the molecule is CCC(=O)c1ccc(/C=N/NC(=O)c2ccc(COC3OC4O[C@]5(C)CCC6[C@H](C)CCC([C@H]3C)[C@@]46OO5)cc2)cc1. The summed E-state index contributed by atoms with van der Waals surface area (Å²) in [6.45, 7) is 8.56. The van der Waals surface area contributed by atoms with E-state index in [1.165, 1.54) is 0 Å². The first kappa shape index (κ1) is 29.1. The van der Waals surface area contributed by atoms with Crippen LogP contribution in [0.2, 0.25) is 0 Å². The van der Waals surface area contributed by atoms with E-state index >= 15 is 0 Å². The Morgan fingerprint density at radius 2 is 1.74 bits per heavy atom. The van der Waals surface area contributed by atoms with Crippen LogP contribution in [0.15, 0.2) is 53.6 Å². The van der Waals surface area contributed by atoms with Gasteiger partial charge in [-0.1, -0.05) is 57.2 Å². The quantitative estimate of drug-likeness (QED) is 0.184. The predicted molar refractivity (Wildman–Crippen MR) is 154 cm³/mol. The number of hydrogen-bond acceptors (Lipinski definition) is 8. The van der Waals surface area contributed by atoms with Gasteiger partial charge in [-0.25, -0.2) is 15.2 Å². The van der Waals surface area contributed by atoms with Crippen molar-refractivity contribution in [3.05, 3.63) is 70.8 Å². The Morgan fingerprint density at radius 3 is 2.48 bits per heavy atom. The molecule has 7 rings (SSSR count). The maximum atomic E-state index is 12.6. The average molecular weight is 577 g/mol. The van der Waals surface area contributed by atoms with Crippen LogP contribution >= 0.6 is 0 Å². The van der Waals surface area contributed by atoms with Crippen LogP contribution in [0.1, 0.15) is 91.6 Å². The van der Waals surface area contributed by atoms with E-state index in [9.17, 15) is 9.59 Å². The Hall–Kier alpha value is -2.95. The molecular weight excluding hydrogens is 536 g/mol. The van der Waals surface area contributed by atoms with Crippen LogP contribution in [0.25, 0.3) is 0 Å². The van der Waals surface area contributed by atoms with Crippen LogP contribution < -0.4 is 5.43 Å².